The molecule has 2 heterocycles. The van der Waals surface area contributed by atoms with Gasteiger partial charge in [-0.2, -0.15) is 0 Å². The molecule has 5 rings (SSSR count). The molecule has 2 aliphatic rings. The van der Waals surface area contributed by atoms with Gasteiger partial charge in [0.1, 0.15) is 17.3 Å². The van der Waals surface area contributed by atoms with Gasteiger partial charge in [0.15, 0.2) is 0 Å². The van der Waals surface area contributed by atoms with E-state index in [-0.39, 0.29) is 35.0 Å². The molecular formula is C29H35N5O4. The van der Waals surface area contributed by atoms with Crippen molar-refractivity contribution in [2.24, 2.45) is 16.1 Å². The molecule has 3 aromatic rings. The summed E-state index contributed by atoms with van der Waals surface area (Å²) >= 11 is 0. The number of phenolic OH excluding ortho intramolecular Hbond substituents is 1. The average molecular weight is 518 g/mol. The average Bonchev–Trinajstić information content (AvgIpc) is 3.20. The second-order valence-corrected chi connectivity index (χ2v) is 10.6. The predicted octanol–water partition coefficient (Wildman–Crippen LogP) is 6.09. The van der Waals surface area contributed by atoms with Crippen LogP contribution in [0.15, 0.2) is 46.6 Å². The second-order valence-electron chi connectivity index (χ2n) is 10.6. The molecule has 3 N–H and O–H groups in total. The fourth-order valence-corrected chi connectivity index (χ4v) is 5.63. The van der Waals surface area contributed by atoms with Crippen LogP contribution in [0.2, 0.25) is 0 Å². The van der Waals surface area contributed by atoms with Crippen molar-refractivity contribution in [1.29, 1.82) is 0 Å². The number of benzene rings is 2. The van der Waals surface area contributed by atoms with Crippen LogP contribution in [0.3, 0.4) is 0 Å². The molecule has 38 heavy (non-hydrogen) atoms. The Balaban J connectivity index is 1.47. The van der Waals surface area contributed by atoms with Crippen LogP contribution in [0.1, 0.15) is 67.0 Å². The lowest BCUT2D eigenvalue weighted by molar-refractivity contribution is -0.143. The summed E-state index contributed by atoms with van der Waals surface area (Å²) < 4.78 is 1.75. The van der Waals surface area contributed by atoms with E-state index in [4.69, 9.17) is 4.98 Å². The highest BCUT2D eigenvalue weighted by molar-refractivity contribution is 5.70. The van der Waals surface area contributed by atoms with Gasteiger partial charge in [0, 0.05) is 19.0 Å². The highest BCUT2D eigenvalue weighted by atomic mass is 16.4. The number of likely N-dealkylation sites (tertiary alicyclic amines) is 1. The van der Waals surface area contributed by atoms with E-state index in [1.807, 2.05) is 38.1 Å². The summed E-state index contributed by atoms with van der Waals surface area (Å²) in [6.07, 6.45) is 2.77. The van der Waals surface area contributed by atoms with E-state index in [1.165, 1.54) is 5.56 Å². The third-order valence-corrected chi connectivity index (χ3v) is 8.14. The molecule has 200 valence electrons. The number of carbonyl (C=O) groups is 1. The molecule has 1 aromatic heterocycles. The number of carboxylic acid groups (broad SMARTS) is 1. The number of phenols is 1. The molecule has 2 atom stereocenters. The Morgan fingerprint density at radius 1 is 1.05 bits per heavy atom. The molecule has 2 unspecified atom stereocenters. The molecule has 2 fully saturated rings. The molecule has 1 aliphatic heterocycles. The number of aromatic nitrogens is 2. The number of para-hydroxylation sites is 1. The quantitative estimate of drug-likeness (QED) is 0.326. The third kappa shape index (κ3) is 4.90. The zero-order chi connectivity index (χ0) is 27.0. The Labute approximate surface area is 222 Å². The lowest BCUT2D eigenvalue weighted by Crippen LogP contribution is -2.45. The summed E-state index contributed by atoms with van der Waals surface area (Å²) in [7, 11) is 0. The van der Waals surface area contributed by atoms with Crippen LogP contribution in [-0.2, 0) is 4.79 Å². The van der Waals surface area contributed by atoms with E-state index in [2.05, 4.69) is 22.1 Å². The number of nitrogens with zero attached hydrogens (tertiary/aromatic N) is 5. The first-order chi connectivity index (χ1) is 18.3. The van der Waals surface area contributed by atoms with Gasteiger partial charge in [0.05, 0.1) is 11.6 Å². The van der Waals surface area contributed by atoms with E-state index in [9.17, 15) is 20.1 Å². The highest BCUT2D eigenvalue weighted by Crippen LogP contribution is 2.44. The Morgan fingerprint density at radius 2 is 1.84 bits per heavy atom. The maximum absolute atomic E-state index is 11.5. The van der Waals surface area contributed by atoms with Crippen LogP contribution in [0, 0.1) is 19.8 Å². The van der Waals surface area contributed by atoms with Gasteiger partial charge in [-0.3, -0.25) is 9.36 Å². The summed E-state index contributed by atoms with van der Waals surface area (Å²) in [5.74, 6) is -0.332. The molecule has 0 amide bonds. The maximum atomic E-state index is 11.5. The molecule has 0 bridgehead atoms. The van der Waals surface area contributed by atoms with Crippen molar-refractivity contribution in [3.05, 3.63) is 58.9 Å². The summed E-state index contributed by atoms with van der Waals surface area (Å²) in [6, 6.07) is 11.3. The minimum atomic E-state index is -0.788. The van der Waals surface area contributed by atoms with Crippen LogP contribution < -0.4 is 0 Å². The van der Waals surface area contributed by atoms with Gasteiger partial charge in [-0.25, -0.2) is 4.98 Å². The number of aliphatic carboxylic acids is 1. The van der Waals surface area contributed by atoms with E-state index in [0.717, 1.165) is 49.6 Å². The van der Waals surface area contributed by atoms with Crippen molar-refractivity contribution in [2.75, 3.05) is 19.6 Å². The Kier molecular flexibility index (Phi) is 7.21. The molecule has 1 saturated heterocycles. The Morgan fingerprint density at radius 3 is 2.55 bits per heavy atom. The van der Waals surface area contributed by atoms with Crippen LogP contribution in [-0.4, -0.2) is 55.4 Å². The lowest BCUT2D eigenvalue weighted by atomic mass is 9.77. The maximum Gasteiger partial charge on any atom is 0.306 e. The SMILES string of the molecule is CCN1CC(c2nc(N=Nc3cccc(C4CCCC(C(=O)O)C4)c3O)c(O)n2-c2ccc(C)c(C)c2)C1. The number of carboxylic acids is 1. The van der Waals surface area contributed by atoms with Crippen LogP contribution in [0.5, 0.6) is 11.6 Å². The Hall–Kier alpha value is -3.72. The highest BCUT2D eigenvalue weighted by Gasteiger charge is 2.34. The normalized spacial score (nSPS) is 20.6. The van der Waals surface area contributed by atoms with E-state index in [0.29, 0.717) is 18.4 Å². The number of azo groups is 1. The summed E-state index contributed by atoms with van der Waals surface area (Å²) in [6.45, 7) is 8.89. The topological polar surface area (TPSA) is 124 Å². The summed E-state index contributed by atoms with van der Waals surface area (Å²) in [5.41, 5.74) is 4.05. The first-order valence-corrected chi connectivity index (χ1v) is 13.3. The fraction of sp³-hybridized carbons (Fsp3) is 0.448. The number of aromatic hydroxyl groups is 2. The van der Waals surface area contributed by atoms with Crippen molar-refractivity contribution in [1.82, 2.24) is 14.5 Å². The van der Waals surface area contributed by atoms with Gasteiger partial charge in [0.2, 0.25) is 11.7 Å². The van der Waals surface area contributed by atoms with Crippen molar-refractivity contribution in [3.8, 4) is 17.3 Å². The molecule has 1 saturated carbocycles. The largest absolute Gasteiger partial charge is 0.505 e. The van der Waals surface area contributed by atoms with Crippen LogP contribution >= 0.6 is 0 Å². The number of imidazole rings is 1. The zero-order valence-corrected chi connectivity index (χ0v) is 22.1. The fourth-order valence-electron chi connectivity index (χ4n) is 5.63. The monoisotopic (exact) mass is 517 g/mol. The van der Waals surface area contributed by atoms with E-state index < -0.39 is 11.9 Å². The predicted molar refractivity (Wildman–Crippen MR) is 144 cm³/mol. The van der Waals surface area contributed by atoms with Gasteiger partial charge in [-0.05, 0) is 80.5 Å². The summed E-state index contributed by atoms with van der Waals surface area (Å²) in [4.78, 5) is 18.5. The lowest BCUT2D eigenvalue weighted by Gasteiger charge is -2.38. The van der Waals surface area contributed by atoms with Crippen molar-refractivity contribution < 1.29 is 20.1 Å². The van der Waals surface area contributed by atoms with Gasteiger partial charge < -0.3 is 20.2 Å². The standard InChI is InChI=1S/C29H35N5O4/c1-4-33-15-21(16-33)27-30-26(28(36)34(27)22-12-11-17(2)18(3)13-22)32-31-24-10-6-9-23(25(24)35)19-7-5-8-20(14-19)29(37)38/h6,9-13,19-21,35-36H,4-5,7-8,14-16H2,1-3H3,(H,37,38). The zero-order valence-electron chi connectivity index (χ0n) is 22.1. The number of rotatable bonds is 7. The molecule has 9 heteroatoms. The molecule has 0 spiro atoms. The molecular weight excluding hydrogens is 482 g/mol. The number of hydrogen-bond donors (Lipinski definition) is 3. The van der Waals surface area contributed by atoms with Crippen molar-refractivity contribution in [3.63, 3.8) is 0 Å². The van der Waals surface area contributed by atoms with Crippen molar-refractivity contribution in [2.45, 2.75) is 58.3 Å². The van der Waals surface area contributed by atoms with Gasteiger partial charge in [-0.1, -0.05) is 31.5 Å². The van der Waals surface area contributed by atoms with Crippen molar-refractivity contribution >= 4 is 17.5 Å². The van der Waals surface area contributed by atoms with E-state index in [1.54, 1.807) is 16.7 Å². The molecule has 9 nitrogen and oxygen atoms in total. The molecule has 2 aromatic carbocycles. The molecule has 0 radical (unpaired) electrons. The van der Waals surface area contributed by atoms with Gasteiger partial charge in [0.25, 0.3) is 0 Å². The first kappa shape index (κ1) is 25.9. The minimum Gasteiger partial charge on any atom is -0.505 e. The number of aryl methyl sites for hydroxylation is 2. The molecule has 1 aliphatic carbocycles. The number of likely N-dealkylation sites (N-methyl/N-ethyl adjacent to an activating group) is 1. The van der Waals surface area contributed by atoms with E-state index >= 15 is 0 Å². The minimum absolute atomic E-state index is 0.00169. The second kappa shape index (κ2) is 10.6. The summed E-state index contributed by atoms with van der Waals surface area (Å²) in [5, 5.41) is 40.2. The van der Waals surface area contributed by atoms with Gasteiger partial charge >= 0.3 is 5.97 Å². The Bertz CT molecular complexity index is 1380. The third-order valence-electron chi connectivity index (χ3n) is 8.14. The van der Waals surface area contributed by atoms with Crippen LogP contribution in [0.4, 0.5) is 11.5 Å². The van der Waals surface area contributed by atoms with Gasteiger partial charge in [-0.15, -0.1) is 10.2 Å². The first-order valence-electron chi connectivity index (χ1n) is 13.3. The van der Waals surface area contributed by atoms with Crippen LogP contribution in [0.25, 0.3) is 5.69 Å². The number of hydrogen-bond acceptors (Lipinski definition) is 7. The smallest absolute Gasteiger partial charge is 0.306 e.